The van der Waals surface area contributed by atoms with Crippen molar-refractivity contribution in [2.45, 2.75) is 25.7 Å². The van der Waals surface area contributed by atoms with Crippen LogP contribution < -0.4 is 4.74 Å². The first-order valence-electron chi connectivity index (χ1n) is 9.84. The first kappa shape index (κ1) is 18.9. The highest BCUT2D eigenvalue weighted by atomic mass is 16.5. The predicted octanol–water partition coefficient (Wildman–Crippen LogP) is 3.78. The standard InChI is InChI=1S/C24H27NO3/c1-27-24-21(11-10-19-7-4-5-9-23(19)24)16-28-17-22(26)15-25-13-12-18-6-2-3-8-20(18)14-25/h2-11,22,26H,12-17H2,1H3. The summed E-state index contributed by atoms with van der Waals surface area (Å²) in [6.45, 7) is 3.24. The molecule has 0 amide bonds. The van der Waals surface area contributed by atoms with Crippen LogP contribution in [0.2, 0.25) is 0 Å². The van der Waals surface area contributed by atoms with Crippen LogP contribution in [0, 0.1) is 0 Å². The second-order valence-corrected chi connectivity index (χ2v) is 7.40. The topological polar surface area (TPSA) is 41.9 Å². The zero-order valence-corrected chi connectivity index (χ0v) is 16.3. The minimum absolute atomic E-state index is 0.314. The monoisotopic (exact) mass is 377 g/mol. The molecule has 0 aliphatic carbocycles. The number of aliphatic hydroxyl groups excluding tert-OH is 1. The van der Waals surface area contributed by atoms with Crippen molar-refractivity contribution < 1.29 is 14.6 Å². The fraction of sp³-hybridized carbons (Fsp3) is 0.333. The van der Waals surface area contributed by atoms with Gasteiger partial charge >= 0.3 is 0 Å². The van der Waals surface area contributed by atoms with Gasteiger partial charge in [-0.2, -0.15) is 0 Å². The average Bonchev–Trinajstić information content (AvgIpc) is 2.73. The van der Waals surface area contributed by atoms with Gasteiger partial charge in [-0.1, -0.05) is 60.7 Å². The van der Waals surface area contributed by atoms with Gasteiger partial charge in [0.2, 0.25) is 0 Å². The van der Waals surface area contributed by atoms with Crippen molar-refractivity contribution >= 4 is 10.8 Å². The smallest absolute Gasteiger partial charge is 0.132 e. The SMILES string of the molecule is COc1c(COCC(O)CN2CCc3ccccc3C2)ccc2ccccc12. The normalized spacial score (nSPS) is 15.4. The van der Waals surface area contributed by atoms with Gasteiger partial charge in [-0.25, -0.2) is 0 Å². The van der Waals surface area contributed by atoms with Crippen molar-refractivity contribution in [2.24, 2.45) is 0 Å². The molecule has 1 aliphatic rings. The van der Waals surface area contributed by atoms with Crippen LogP contribution in [-0.4, -0.2) is 42.9 Å². The summed E-state index contributed by atoms with van der Waals surface area (Å²) in [5, 5.41) is 12.7. The molecule has 3 aromatic carbocycles. The minimum Gasteiger partial charge on any atom is -0.496 e. The summed E-state index contributed by atoms with van der Waals surface area (Å²) >= 11 is 0. The number of hydrogen-bond donors (Lipinski definition) is 1. The molecule has 1 N–H and O–H groups in total. The summed E-state index contributed by atoms with van der Waals surface area (Å²) in [6.07, 6.45) is 0.537. The molecular weight excluding hydrogens is 350 g/mol. The van der Waals surface area contributed by atoms with Crippen LogP contribution in [0.4, 0.5) is 0 Å². The van der Waals surface area contributed by atoms with E-state index in [0.29, 0.717) is 19.8 Å². The Kier molecular flexibility index (Phi) is 5.91. The Morgan fingerprint density at radius 1 is 1.00 bits per heavy atom. The van der Waals surface area contributed by atoms with Gasteiger partial charge in [-0.05, 0) is 22.9 Å². The van der Waals surface area contributed by atoms with Crippen molar-refractivity contribution in [1.29, 1.82) is 0 Å². The van der Waals surface area contributed by atoms with E-state index in [2.05, 4.69) is 47.4 Å². The van der Waals surface area contributed by atoms with Gasteiger partial charge in [0.1, 0.15) is 5.75 Å². The van der Waals surface area contributed by atoms with Crippen molar-refractivity contribution in [1.82, 2.24) is 4.90 Å². The molecule has 1 heterocycles. The number of methoxy groups -OCH3 is 1. The van der Waals surface area contributed by atoms with E-state index in [1.807, 2.05) is 18.2 Å². The Balaban J connectivity index is 1.31. The van der Waals surface area contributed by atoms with E-state index in [9.17, 15) is 5.11 Å². The number of nitrogens with zero attached hydrogens (tertiary/aromatic N) is 1. The quantitative estimate of drug-likeness (QED) is 0.680. The van der Waals surface area contributed by atoms with E-state index in [1.165, 1.54) is 11.1 Å². The zero-order valence-electron chi connectivity index (χ0n) is 16.3. The highest BCUT2D eigenvalue weighted by Gasteiger charge is 2.18. The number of fused-ring (bicyclic) bond motifs is 2. The molecule has 0 spiro atoms. The molecule has 1 atom stereocenters. The molecule has 3 aromatic rings. The second-order valence-electron chi connectivity index (χ2n) is 7.40. The predicted molar refractivity (Wildman–Crippen MR) is 112 cm³/mol. The van der Waals surface area contributed by atoms with Gasteiger partial charge in [0.05, 0.1) is 26.4 Å². The fourth-order valence-corrected chi connectivity index (χ4v) is 4.01. The fourth-order valence-electron chi connectivity index (χ4n) is 4.01. The molecule has 0 bridgehead atoms. The Labute approximate surface area is 166 Å². The maximum atomic E-state index is 10.4. The molecule has 0 saturated carbocycles. The van der Waals surface area contributed by atoms with E-state index in [4.69, 9.17) is 9.47 Å². The summed E-state index contributed by atoms with van der Waals surface area (Å²) in [7, 11) is 1.69. The number of hydrogen-bond acceptors (Lipinski definition) is 4. The Bertz CT molecular complexity index is 940. The van der Waals surface area contributed by atoms with Crippen LogP contribution in [0.25, 0.3) is 10.8 Å². The highest BCUT2D eigenvalue weighted by Crippen LogP contribution is 2.30. The van der Waals surface area contributed by atoms with E-state index in [1.54, 1.807) is 7.11 Å². The number of rotatable bonds is 7. The van der Waals surface area contributed by atoms with Gasteiger partial charge in [-0.3, -0.25) is 4.90 Å². The summed E-state index contributed by atoms with van der Waals surface area (Å²) in [5.41, 5.74) is 3.79. The van der Waals surface area contributed by atoms with Crippen molar-refractivity contribution in [3.63, 3.8) is 0 Å². The highest BCUT2D eigenvalue weighted by molar-refractivity contribution is 5.89. The maximum absolute atomic E-state index is 10.4. The Hall–Kier alpha value is -2.40. The van der Waals surface area contributed by atoms with Crippen molar-refractivity contribution in [3.8, 4) is 5.75 Å². The molecule has 0 radical (unpaired) electrons. The molecule has 0 saturated heterocycles. The van der Waals surface area contributed by atoms with E-state index < -0.39 is 6.10 Å². The Morgan fingerprint density at radius 3 is 2.64 bits per heavy atom. The summed E-state index contributed by atoms with van der Waals surface area (Å²) in [4.78, 5) is 2.30. The van der Waals surface area contributed by atoms with E-state index in [0.717, 1.165) is 41.6 Å². The van der Waals surface area contributed by atoms with Crippen LogP contribution in [0.15, 0.2) is 60.7 Å². The van der Waals surface area contributed by atoms with Crippen LogP contribution in [0.1, 0.15) is 16.7 Å². The first-order chi connectivity index (χ1) is 13.7. The van der Waals surface area contributed by atoms with Crippen LogP contribution in [0.3, 0.4) is 0 Å². The second kappa shape index (κ2) is 8.74. The van der Waals surface area contributed by atoms with Crippen molar-refractivity contribution in [2.75, 3.05) is 26.8 Å². The molecule has 4 nitrogen and oxygen atoms in total. The van der Waals surface area contributed by atoms with Gasteiger partial charge in [-0.15, -0.1) is 0 Å². The number of β-amino-alcohol motifs (C(OH)–C–C–N with tert-alkyl or cyclic N) is 1. The van der Waals surface area contributed by atoms with Crippen LogP contribution in [0.5, 0.6) is 5.75 Å². The van der Waals surface area contributed by atoms with Gasteiger partial charge in [0.15, 0.2) is 0 Å². The van der Waals surface area contributed by atoms with Gasteiger partial charge in [0, 0.05) is 30.6 Å². The lowest BCUT2D eigenvalue weighted by Crippen LogP contribution is -2.38. The van der Waals surface area contributed by atoms with Gasteiger partial charge < -0.3 is 14.6 Å². The first-order valence-corrected chi connectivity index (χ1v) is 9.84. The molecule has 0 fully saturated rings. The minimum atomic E-state index is -0.503. The number of aliphatic hydroxyl groups is 1. The number of benzene rings is 3. The van der Waals surface area contributed by atoms with Crippen LogP contribution in [-0.2, 0) is 24.3 Å². The molecule has 146 valence electrons. The number of ether oxygens (including phenoxy) is 2. The summed E-state index contributed by atoms with van der Waals surface area (Å²) in [6, 6.07) is 20.8. The molecule has 1 aliphatic heterocycles. The Morgan fingerprint density at radius 2 is 1.79 bits per heavy atom. The van der Waals surface area contributed by atoms with Crippen LogP contribution >= 0.6 is 0 Å². The largest absolute Gasteiger partial charge is 0.496 e. The third-order valence-electron chi connectivity index (χ3n) is 5.41. The average molecular weight is 377 g/mol. The molecule has 4 rings (SSSR count). The lowest BCUT2D eigenvalue weighted by molar-refractivity contribution is 0.00732. The molecule has 1 unspecified atom stereocenters. The lowest BCUT2D eigenvalue weighted by atomic mass is 10.00. The van der Waals surface area contributed by atoms with Crippen molar-refractivity contribution in [3.05, 3.63) is 77.4 Å². The summed E-state index contributed by atoms with van der Waals surface area (Å²) in [5.74, 6) is 0.847. The molecule has 4 heteroatoms. The van der Waals surface area contributed by atoms with Gasteiger partial charge in [0.25, 0.3) is 0 Å². The summed E-state index contributed by atoms with van der Waals surface area (Å²) < 4.78 is 11.4. The van der Waals surface area contributed by atoms with E-state index in [-0.39, 0.29) is 0 Å². The lowest BCUT2D eigenvalue weighted by Gasteiger charge is -2.30. The molecule has 0 aromatic heterocycles. The zero-order chi connectivity index (χ0) is 19.3. The third-order valence-corrected chi connectivity index (χ3v) is 5.41. The molecular formula is C24H27NO3. The third kappa shape index (κ3) is 4.20. The molecule has 28 heavy (non-hydrogen) atoms. The maximum Gasteiger partial charge on any atom is 0.132 e. The van der Waals surface area contributed by atoms with E-state index >= 15 is 0 Å².